The molecule has 0 bridgehead atoms. The molecule has 2 amide bonds. The minimum absolute atomic E-state index is 0.0385. The van der Waals surface area contributed by atoms with Gasteiger partial charge in [-0.1, -0.05) is 12.8 Å². The molecule has 2 heterocycles. The zero-order chi connectivity index (χ0) is 20.9. The van der Waals surface area contributed by atoms with Crippen LogP contribution in [0.15, 0.2) is 47.1 Å². The van der Waals surface area contributed by atoms with Crippen LogP contribution in [0.25, 0.3) is 0 Å². The average molecular weight is 413 g/mol. The summed E-state index contributed by atoms with van der Waals surface area (Å²) in [5.41, 5.74) is 0.494. The number of piperazine rings is 1. The van der Waals surface area contributed by atoms with Crippen LogP contribution in [0.4, 0.5) is 4.39 Å². The summed E-state index contributed by atoms with van der Waals surface area (Å²) in [6, 6.07) is 9.15. The quantitative estimate of drug-likeness (QED) is 0.791. The van der Waals surface area contributed by atoms with Crippen molar-refractivity contribution in [2.75, 3.05) is 26.2 Å². The molecule has 6 nitrogen and oxygen atoms in total. The molecule has 1 aliphatic heterocycles. The maximum atomic E-state index is 13.1. The average Bonchev–Trinajstić information content (AvgIpc) is 3.48. The first kappa shape index (κ1) is 20.6. The van der Waals surface area contributed by atoms with Crippen LogP contribution in [-0.4, -0.2) is 53.8 Å². The summed E-state index contributed by atoms with van der Waals surface area (Å²) < 4.78 is 18.5. The fourth-order valence-electron chi connectivity index (χ4n) is 4.62. The van der Waals surface area contributed by atoms with Gasteiger partial charge in [0.1, 0.15) is 11.6 Å². The van der Waals surface area contributed by atoms with E-state index in [1.54, 1.807) is 11.2 Å². The second kappa shape index (κ2) is 9.43. The van der Waals surface area contributed by atoms with Crippen LogP contribution in [0.2, 0.25) is 0 Å². The van der Waals surface area contributed by atoms with Crippen molar-refractivity contribution in [1.29, 1.82) is 0 Å². The van der Waals surface area contributed by atoms with Gasteiger partial charge in [-0.15, -0.1) is 0 Å². The largest absolute Gasteiger partial charge is 0.467 e. The Hall–Kier alpha value is -2.67. The van der Waals surface area contributed by atoms with Gasteiger partial charge in [-0.25, -0.2) is 4.39 Å². The van der Waals surface area contributed by atoms with Gasteiger partial charge in [-0.2, -0.15) is 0 Å². The molecule has 30 heavy (non-hydrogen) atoms. The van der Waals surface area contributed by atoms with E-state index in [-0.39, 0.29) is 23.7 Å². The molecule has 0 spiro atoms. The highest BCUT2D eigenvalue weighted by Crippen LogP contribution is 2.31. The van der Waals surface area contributed by atoms with Crippen LogP contribution in [0.3, 0.4) is 0 Å². The predicted molar refractivity (Wildman–Crippen MR) is 110 cm³/mol. The van der Waals surface area contributed by atoms with Gasteiger partial charge in [0.05, 0.1) is 18.8 Å². The van der Waals surface area contributed by atoms with Crippen LogP contribution in [0, 0.1) is 11.7 Å². The number of benzene rings is 1. The molecule has 2 aliphatic rings. The van der Waals surface area contributed by atoms with Crippen molar-refractivity contribution in [3.63, 3.8) is 0 Å². The van der Waals surface area contributed by atoms with Crippen LogP contribution < -0.4 is 5.32 Å². The molecule has 1 aliphatic carbocycles. The Morgan fingerprint density at radius 1 is 1.07 bits per heavy atom. The number of hydrogen-bond donors (Lipinski definition) is 1. The van der Waals surface area contributed by atoms with Gasteiger partial charge in [0.2, 0.25) is 5.91 Å². The van der Waals surface area contributed by atoms with E-state index in [1.165, 1.54) is 24.3 Å². The number of halogens is 1. The van der Waals surface area contributed by atoms with Crippen LogP contribution in [0.1, 0.15) is 41.8 Å². The molecule has 1 aromatic heterocycles. The molecule has 1 saturated carbocycles. The van der Waals surface area contributed by atoms with Crippen molar-refractivity contribution in [3.8, 4) is 0 Å². The Labute approximate surface area is 176 Å². The van der Waals surface area contributed by atoms with Gasteiger partial charge in [-0.3, -0.25) is 14.5 Å². The summed E-state index contributed by atoms with van der Waals surface area (Å²) in [5, 5.41) is 3.03. The number of hydrogen-bond acceptors (Lipinski definition) is 4. The number of nitrogens with zero attached hydrogens (tertiary/aromatic N) is 2. The lowest BCUT2D eigenvalue weighted by Gasteiger charge is -2.40. The van der Waals surface area contributed by atoms with Gasteiger partial charge in [-0.05, 0) is 55.2 Å². The van der Waals surface area contributed by atoms with Gasteiger partial charge in [0.25, 0.3) is 5.91 Å². The number of furan rings is 1. The lowest BCUT2D eigenvalue weighted by atomic mass is 9.95. The summed E-state index contributed by atoms with van der Waals surface area (Å²) in [6.45, 7) is 2.82. The topological polar surface area (TPSA) is 65.8 Å². The van der Waals surface area contributed by atoms with E-state index in [0.29, 0.717) is 44.2 Å². The van der Waals surface area contributed by atoms with E-state index >= 15 is 0 Å². The van der Waals surface area contributed by atoms with Crippen molar-refractivity contribution in [1.82, 2.24) is 15.1 Å². The minimum atomic E-state index is -0.351. The molecule has 2 aromatic rings. The number of carbonyl (C=O) groups excluding carboxylic acids is 2. The van der Waals surface area contributed by atoms with Crippen molar-refractivity contribution in [2.24, 2.45) is 5.92 Å². The highest BCUT2D eigenvalue weighted by Gasteiger charge is 2.37. The molecule has 1 saturated heterocycles. The van der Waals surface area contributed by atoms with E-state index in [0.717, 1.165) is 31.4 Å². The molecule has 1 aromatic carbocycles. The molecule has 2 fully saturated rings. The maximum absolute atomic E-state index is 13.1. The van der Waals surface area contributed by atoms with Crippen molar-refractivity contribution >= 4 is 11.8 Å². The molecule has 0 radical (unpaired) electrons. The predicted octanol–water partition coefficient (Wildman–Crippen LogP) is 3.05. The third-order valence-corrected chi connectivity index (χ3v) is 6.22. The number of rotatable bonds is 6. The Morgan fingerprint density at radius 3 is 2.40 bits per heavy atom. The smallest absolute Gasteiger partial charge is 0.253 e. The fraction of sp³-hybridized carbons (Fsp3) is 0.478. The number of amides is 2. The molecule has 1 atom stereocenters. The van der Waals surface area contributed by atoms with E-state index in [1.807, 2.05) is 12.1 Å². The van der Waals surface area contributed by atoms with E-state index in [4.69, 9.17) is 4.42 Å². The third kappa shape index (κ3) is 4.73. The van der Waals surface area contributed by atoms with Crippen LogP contribution in [0.5, 0.6) is 0 Å². The lowest BCUT2D eigenvalue weighted by molar-refractivity contribution is -0.129. The molecule has 4 rings (SSSR count). The lowest BCUT2D eigenvalue weighted by Crippen LogP contribution is -2.57. The first-order chi connectivity index (χ1) is 14.6. The van der Waals surface area contributed by atoms with Gasteiger partial charge in [0, 0.05) is 31.7 Å². The summed E-state index contributed by atoms with van der Waals surface area (Å²) in [6.07, 6.45) is 6.06. The molecule has 160 valence electrons. The van der Waals surface area contributed by atoms with Crippen molar-refractivity contribution in [3.05, 3.63) is 59.8 Å². The summed E-state index contributed by atoms with van der Waals surface area (Å²) >= 11 is 0. The summed E-state index contributed by atoms with van der Waals surface area (Å²) in [7, 11) is 0. The standard InChI is InChI=1S/C23H28FN3O3/c24-19-9-7-18(8-10-19)23(29)27-13-11-26(12-14-27)21(17-4-1-2-5-17)22(28)25-16-20-6-3-15-30-20/h3,6-10,15,17,21H,1-2,4-5,11-14,16H2,(H,25,28)/t21-/m1/s1. The van der Waals surface area contributed by atoms with Crippen molar-refractivity contribution in [2.45, 2.75) is 38.3 Å². The van der Waals surface area contributed by atoms with Gasteiger partial charge < -0.3 is 14.6 Å². The first-order valence-electron chi connectivity index (χ1n) is 10.7. The normalized spacial score (nSPS) is 19.0. The second-order valence-corrected chi connectivity index (χ2v) is 8.12. The molecule has 0 unspecified atom stereocenters. The van der Waals surface area contributed by atoms with Gasteiger partial charge in [0.15, 0.2) is 0 Å². The zero-order valence-electron chi connectivity index (χ0n) is 17.1. The SMILES string of the molecule is O=C(NCc1ccco1)[C@@H](C1CCCC1)N1CCN(C(=O)c2ccc(F)cc2)CC1. The van der Waals surface area contributed by atoms with E-state index < -0.39 is 0 Å². The monoisotopic (exact) mass is 413 g/mol. The van der Waals surface area contributed by atoms with E-state index in [9.17, 15) is 14.0 Å². The Balaban J connectivity index is 1.38. The molecule has 7 heteroatoms. The first-order valence-corrected chi connectivity index (χ1v) is 10.7. The highest BCUT2D eigenvalue weighted by atomic mass is 19.1. The second-order valence-electron chi connectivity index (χ2n) is 8.12. The minimum Gasteiger partial charge on any atom is -0.467 e. The fourth-order valence-corrected chi connectivity index (χ4v) is 4.62. The zero-order valence-corrected chi connectivity index (χ0v) is 17.1. The number of nitrogens with one attached hydrogen (secondary N) is 1. The van der Waals surface area contributed by atoms with Gasteiger partial charge >= 0.3 is 0 Å². The Morgan fingerprint density at radius 2 is 1.77 bits per heavy atom. The maximum Gasteiger partial charge on any atom is 0.253 e. The molecular formula is C23H28FN3O3. The molecule has 1 N–H and O–H groups in total. The number of carbonyl (C=O) groups is 2. The van der Waals surface area contributed by atoms with Crippen LogP contribution >= 0.6 is 0 Å². The highest BCUT2D eigenvalue weighted by molar-refractivity contribution is 5.94. The van der Waals surface area contributed by atoms with E-state index in [2.05, 4.69) is 10.2 Å². The summed E-state index contributed by atoms with van der Waals surface area (Å²) in [4.78, 5) is 29.8. The third-order valence-electron chi connectivity index (χ3n) is 6.22. The Bertz CT molecular complexity index is 839. The molecular weight excluding hydrogens is 385 g/mol. The van der Waals surface area contributed by atoms with Crippen LogP contribution in [-0.2, 0) is 11.3 Å². The Kier molecular flexibility index (Phi) is 6.47. The van der Waals surface area contributed by atoms with Crippen molar-refractivity contribution < 1.29 is 18.4 Å². The summed E-state index contributed by atoms with van der Waals surface area (Å²) in [5.74, 6) is 0.687.